The minimum absolute atomic E-state index is 0.124. The summed E-state index contributed by atoms with van der Waals surface area (Å²) in [7, 11) is 0. The van der Waals surface area contributed by atoms with Crippen LogP contribution in [0, 0.1) is 11.2 Å². The van der Waals surface area contributed by atoms with Gasteiger partial charge >= 0.3 is 0 Å². The van der Waals surface area contributed by atoms with Crippen molar-refractivity contribution in [3.63, 3.8) is 0 Å². The van der Waals surface area contributed by atoms with Crippen molar-refractivity contribution in [2.75, 3.05) is 13.2 Å². The molecule has 0 saturated heterocycles. The predicted octanol–water partition coefficient (Wildman–Crippen LogP) is 3.60. The molecule has 2 aliphatic rings. The zero-order valence-electron chi connectivity index (χ0n) is 12.7. The highest BCUT2D eigenvalue weighted by molar-refractivity contribution is 5.23. The van der Waals surface area contributed by atoms with Gasteiger partial charge in [0.2, 0.25) is 0 Å². The number of aliphatic hydroxyl groups is 1. The topological polar surface area (TPSA) is 32.3 Å². The Balaban J connectivity index is 1.45. The van der Waals surface area contributed by atoms with Crippen LogP contribution in [0.1, 0.15) is 56.4 Å². The molecule has 2 saturated carbocycles. The van der Waals surface area contributed by atoms with E-state index in [4.69, 9.17) is 0 Å². The normalized spacial score (nSPS) is 28.1. The molecule has 2 N–H and O–H groups in total. The van der Waals surface area contributed by atoms with E-state index in [1.54, 1.807) is 12.1 Å². The summed E-state index contributed by atoms with van der Waals surface area (Å²) >= 11 is 0. The Morgan fingerprint density at radius 2 is 1.76 bits per heavy atom. The van der Waals surface area contributed by atoms with Crippen LogP contribution in [0.5, 0.6) is 0 Å². The second kappa shape index (κ2) is 6.45. The first-order valence-corrected chi connectivity index (χ1v) is 8.30. The SMILES string of the molecule is OCC1(CNC2CC(c3ccc(F)cc3)C2)CCCCC1. The van der Waals surface area contributed by atoms with E-state index in [-0.39, 0.29) is 11.2 Å². The first-order valence-electron chi connectivity index (χ1n) is 8.30. The molecule has 0 amide bonds. The summed E-state index contributed by atoms with van der Waals surface area (Å²) in [6.45, 7) is 1.26. The average Bonchev–Trinajstić information content (AvgIpc) is 2.48. The van der Waals surface area contributed by atoms with Crippen molar-refractivity contribution >= 4 is 0 Å². The molecule has 21 heavy (non-hydrogen) atoms. The first kappa shape index (κ1) is 15.0. The number of nitrogens with one attached hydrogen (secondary N) is 1. The fraction of sp³-hybridized carbons (Fsp3) is 0.667. The molecular formula is C18H26FNO. The summed E-state index contributed by atoms with van der Waals surface area (Å²) in [4.78, 5) is 0. The highest BCUT2D eigenvalue weighted by Crippen LogP contribution is 2.39. The highest BCUT2D eigenvalue weighted by Gasteiger charge is 2.35. The zero-order valence-corrected chi connectivity index (χ0v) is 12.7. The van der Waals surface area contributed by atoms with Gasteiger partial charge in [0.25, 0.3) is 0 Å². The van der Waals surface area contributed by atoms with Crippen molar-refractivity contribution < 1.29 is 9.50 Å². The third-order valence-electron chi connectivity index (χ3n) is 5.49. The van der Waals surface area contributed by atoms with E-state index in [0.29, 0.717) is 18.6 Å². The minimum Gasteiger partial charge on any atom is -0.396 e. The molecule has 0 bridgehead atoms. The number of hydrogen-bond donors (Lipinski definition) is 2. The minimum atomic E-state index is -0.157. The average molecular weight is 291 g/mol. The smallest absolute Gasteiger partial charge is 0.123 e. The van der Waals surface area contributed by atoms with Gasteiger partial charge in [-0.25, -0.2) is 4.39 Å². The van der Waals surface area contributed by atoms with E-state index in [9.17, 15) is 9.50 Å². The molecule has 2 nitrogen and oxygen atoms in total. The largest absolute Gasteiger partial charge is 0.396 e. The fourth-order valence-corrected chi connectivity index (χ4v) is 3.85. The number of benzene rings is 1. The second-order valence-corrected chi connectivity index (χ2v) is 7.02. The Morgan fingerprint density at radius 3 is 2.38 bits per heavy atom. The summed E-state index contributed by atoms with van der Waals surface area (Å²) in [6, 6.07) is 7.49. The number of aliphatic hydroxyl groups excluding tert-OH is 1. The molecule has 1 aromatic carbocycles. The highest BCUT2D eigenvalue weighted by atomic mass is 19.1. The van der Waals surface area contributed by atoms with E-state index >= 15 is 0 Å². The van der Waals surface area contributed by atoms with E-state index in [0.717, 1.165) is 32.2 Å². The Labute approximate surface area is 126 Å². The first-order chi connectivity index (χ1) is 10.2. The summed E-state index contributed by atoms with van der Waals surface area (Å²) in [5, 5.41) is 13.4. The molecule has 2 fully saturated rings. The maximum Gasteiger partial charge on any atom is 0.123 e. The lowest BCUT2D eigenvalue weighted by atomic mass is 9.72. The van der Waals surface area contributed by atoms with Gasteiger partial charge < -0.3 is 10.4 Å². The van der Waals surface area contributed by atoms with Crippen LogP contribution in [-0.2, 0) is 0 Å². The lowest BCUT2D eigenvalue weighted by Crippen LogP contribution is -2.47. The van der Waals surface area contributed by atoms with Crippen LogP contribution in [0.3, 0.4) is 0 Å². The molecule has 116 valence electrons. The van der Waals surface area contributed by atoms with Gasteiger partial charge in [0.15, 0.2) is 0 Å². The quantitative estimate of drug-likeness (QED) is 0.868. The Hall–Kier alpha value is -0.930. The lowest BCUT2D eigenvalue weighted by Gasteiger charge is -2.41. The van der Waals surface area contributed by atoms with Gasteiger partial charge in [0, 0.05) is 24.6 Å². The molecule has 0 aromatic heterocycles. The van der Waals surface area contributed by atoms with Crippen molar-refractivity contribution in [3.8, 4) is 0 Å². The molecule has 3 rings (SSSR count). The molecule has 0 unspecified atom stereocenters. The number of halogens is 1. The number of hydrogen-bond acceptors (Lipinski definition) is 2. The van der Waals surface area contributed by atoms with Crippen LogP contribution in [0.4, 0.5) is 4.39 Å². The predicted molar refractivity (Wildman–Crippen MR) is 82.8 cm³/mol. The van der Waals surface area contributed by atoms with Crippen LogP contribution >= 0.6 is 0 Å². The summed E-state index contributed by atoms with van der Waals surface area (Å²) < 4.78 is 12.9. The van der Waals surface area contributed by atoms with Crippen LogP contribution in [0.2, 0.25) is 0 Å². The van der Waals surface area contributed by atoms with Crippen LogP contribution in [0.25, 0.3) is 0 Å². The third-order valence-corrected chi connectivity index (χ3v) is 5.49. The van der Waals surface area contributed by atoms with E-state index in [1.807, 2.05) is 12.1 Å². The van der Waals surface area contributed by atoms with Crippen molar-refractivity contribution in [1.82, 2.24) is 5.32 Å². The van der Waals surface area contributed by atoms with Gasteiger partial charge in [-0.3, -0.25) is 0 Å². The fourth-order valence-electron chi connectivity index (χ4n) is 3.85. The molecule has 0 radical (unpaired) electrons. The zero-order chi connectivity index (χ0) is 14.7. The summed E-state index contributed by atoms with van der Waals surface area (Å²) in [5.74, 6) is 0.412. The van der Waals surface area contributed by atoms with Crippen LogP contribution < -0.4 is 5.32 Å². The Kier molecular flexibility index (Phi) is 4.60. The molecule has 0 spiro atoms. The standard InChI is InChI=1S/C18H26FNO/c19-16-6-4-14(5-7-16)15-10-17(11-15)20-12-18(13-21)8-2-1-3-9-18/h4-7,15,17,20-21H,1-3,8-13H2. The Morgan fingerprint density at radius 1 is 1.10 bits per heavy atom. The van der Waals surface area contributed by atoms with Gasteiger partial charge in [-0.05, 0) is 49.3 Å². The van der Waals surface area contributed by atoms with E-state index in [2.05, 4.69) is 5.32 Å². The Bertz CT molecular complexity index is 447. The third kappa shape index (κ3) is 3.46. The summed E-state index contributed by atoms with van der Waals surface area (Å²) in [5.41, 5.74) is 1.38. The molecule has 0 aliphatic heterocycles. The van der Waals surface area contributed by atoms with Crippen molar-refractivity contribution in [2.24, 2.45) is 5.41 Å². The molecule has 1 aromatic rings. The van der Waals surface area contributed by atoms with Gasteiger partial charge in [0.05, 0.1) is 0 Å². The maximum absolute atomic E-state index is 12.9. The van der Waals surface area contributed by atoms with Crippen LogP contribution in [-0.4, -0.2) is 24.3 Å². The van der Waals surface area contributed by atoms with E-state index < -0.39 is 0 Å². The molecular weight excluding hydrogens is 265 g/mol. The van der Waals surface area contributed by atoms with Crippen molar-refractivity contribution in [1.29, 1.82) is 0 Å². The van der Waals surface area contributed by atoms with Crippen molar-refractivity contribution in [2.45, 2.75) is 56.9 Å². The maximum atomic E-state index is 12.9. The molecule has 3 heteroatoms. The molecule has 0 heterocycles. The lowest BCUT2D eigenvalue weighted by molar-refractivity contribution is 0.0732. The summed E-state index contributed by atoms with van der Waals surface area (Å²) in [6.07, 6.45) is 8.41. The van der Waals surface area contributed by atoms with Crippen LogP contribution in [0.15, 0.2) is 24.3 Å². The molecule has 0 atom stereocenters. The van der Waals surface area contributed by atoms with Gasteiger partial charge in [0.1, 0.15) is 5.82 Å². The molecule has 2 aliphatic carbocycles. The van der Waals surface area contributed by atoms with Gasteiger partial charge in [-0.15, -0.1) is 0 Å². The second-order valence-electron chi connectivity index (χ2n) is 7.02. The van der Waals surface area contributed by atoms with Gasteiger partial charge in [-0.1, -0.05) is 31.4 Å². The van der Waals surface area contributed by atoms with E-state index in [1.165, 1.54) is 24.8 Å². The van der Waals surface area contributed by atoms with Gasteiger partial charge in [-0.2, -0.15) is 0 Å². The number of rotatable bonds is 5. The monoisotopic (exact) mass is 291 g/mol. The van der Waals surface area contributed by atoms with Crippen molar-refractivity contribution in [3.05, 3.63) is 35.6 Å².